The van der Waals surface area contributed by atoms with E-state index in [1.807, 2.05) is 0 Å². The van der Waals surface area contributed by atoms with Crippen LogP contribution in [0.25, 0.3) is 0 Å². The average molecular weight is 530 g/mol. The standard InChI is InChI=1S/C24H18O14/c25-8-1-15(30)22(16(31)2-8)38-18-7-17(32)23(36-9-3-11(26)19(33)12(27)4-9)21(35)24(18)37-10-5-13(28)20(34)14(29)6-10/h1-7,25-35H. The Morgan fingerprint density at radius 2 is 0.737 bits per heavy atom. The molecule has 0 atom stereocenters. The highest BCUT2D eigenvalue weighted by Gasteiger charge is 2.26. The Morgan fingerprint density at radius 1 is 0.342 bits per heavy atom. The summed E-state index contributed by atoms with van der Waals surface area (Å²) in [5.41, 5.74) is 0. The topological polar surface area (TPSA) is 250 Å². The Bertz CT molecular complexity index is 1490. The zero-order valence-corrected chi connectivity index (χ0v) is 18.7. The van der Waals surface area contributed by atoms with E-state index in [0.29, 0.717) is 0 Å². The first kappa shape index (κ1) is 25.2. The normalized spacial score (nSPS) is 10.7. The summed E-state index contributed by atoms with van der Waals surface area (Å²) in [5.74, 6) is -12.3. The van der Waals surface area contributed by atoms with Gasteiger partial charge >= 0.3 is 0 Å². The first-order chi connectivity index (χ1) is 17.8. The Balaban J connectivity index is 1.86. The molecule has 14 heteroatoms. The van der Waals surface area contributed by atoms with Crippen molar-refractivity contribution in [1.29, 1.82) is 0 Å². The minimum Gasteiger partial charge on any atom is -0.508 e. The van der Waals surface area contributed by atoms with E-state index in [0.717, 1.165) is 42.5 Å². The molecule has 38 heavy (non-hydrogen) atoms. The van der Waals surface area contributed by atoms with Gasteiger partial charge in [0.05, 0.1) is 0 Å². The van der Waals surface area contributed by atoms with E-state index in [4.69, 9.17) is 14.2 Å². The van der Waals surface area contributed by atoms with Crippen molar-refractivity contribution in [3.63, 3.8) is 0 Å². The third-order valence-electron chi connectivity index (χ3n) is 4.93. The lowest BCUT2D eigenvalue weighted by atomic mass is 10.2. The van der Waals surface area contributed by atoms with Gasteiger partial charge in [0, 0.05) is 42.5 Å². The summed E-state index contributed by atoms with van der Waals surface area (Å²) in [6, 6.07) is 5.74. The summed E-state index contributed by atoms with van der Waals surface area (Å²) in [5, 5.41) is 109. The number of ether oxygens (including phenoxy) is 3. The van der Waals surface area contributed by atoms with E-state index >= 15 is 0 Å². The predicted molar refractivity (Wildman–Crippen MR) is 124 cm³/mol. The molecule has 0 spiro atoms. The lowest BCUT2D eigenvalue weighted by Gasteiger charge is -2.19. The Labute approximate surface area is 211 Å². The number of hydrogen-bond donors (Lipinski definition) is 11. The molecule has 4 aromatic carbocycles. The predicted octanol–water partition coefficient (Wildman–Crippen LogP) is 3.83. The van der Waals surface area contributed by atoms with Gasteiger partial charge in [-0.05, 0) is 0 Å². The van der Waals surface area contributed by atoms with Gasteiger partial charge in [0.25, 0.3) is 0 Å². The molecule has 14 nitrogen and oxygen atoms in total. The van der Waals surface area contributed by atoms with Gasteiger partial charge in [-0.3, -0.25) is 0 Å². The molecule has 0 aliphatic heterocycles. The third kappa shape index (κ3) is 4.64. The second-order valence-corrected chi connectivity index (χ2v) is 7.64. The van der Waals surface area contributed by atoms with Gasteiger partial charge in [-0.2, -0.15) is 0 Å². The van der Waals surface area contributed by atoms with Gasteiger partial charge in [0.1, 0.15) is 17.2 Å². The second-order valence-electron chi connectivity index (χ2n) is 7.64. The first-order valence-corrected chi connectivity index (χ1v) is 10.2. The second kappa shape index (κ2) is 9.27. The lowest BCUT2D eigenvalue weighted by Crippen LogP contribution is -1.95. The van der Waals surface area contributed by atoms with E-state index in [9.17, 15) is 56.2 Å². The van der Waals surface area contributed by atoms with Gasteiger partial charge in [-0.1, -0.05) is 0 Å². The molecule has 0 unspecified atom stereocenters. The summed E-state index contributed by atoms with van der Waals surface area (Å²) in [6.07, 6.45) is 0. The molecule has 0 saturated heterocycles. The van der Waals surface area contributed by atoms with Crippen molar-refractivity contribution in [3.8, 4) is 97.7 Å². The lowest BCUT2D eigenvalue weighted by molar-refractivity contribution is 0.324. The van der Waals surface area contributed by atoms with E-state index < -0.39 is 92.0 Å². The molecule has 0 amide bonds. The van der Waals surface area contributed by atoms with Crippen molar-refractivity contribution in [2.45, 2.75) is 0 Å². The van der Waals surface area contributed by atoms with E-state index in [-0.39, 0.29) is 5.75 Å². The highest BCUT2D eigenvalue weighted by molar-refractivity contribution is 5.69. The van der Waals surface area contributed by atoms with Gasteiger partial charge in [-0.25, -0.2) is 0 Å². The van der Waals surface area contributed by atoms with Crippen LogP contribution in [0, 0.1) is 0 Å². The van der Waals surface area contributed by atoms with Crippen molar-refractivity contribution < 1.29 is 70.4 Å². The van der Waals surface area contributed by atoms with Crippen LogP contribution in [-0.4, -0.2) is 56.2 Å². The van der Waals surface area contributed by atoms with E-state index in [2.05, 4.69) is 0 Å². The molecule has 11 N–H and O–H groups in total. The number of aromatic hydroxyl groups is 11. The van der Waals surface area contributed by atoms with Crippen LogP contribution >= 0.6 is 0 Å². The molecular weight excluding hydrogens is 512 g/mol. The average Bonchev–Trinajstić information content (AvgIpc) is 2.83. The smallest absolute Gasteiger partial charge is 0.215 e. The fraction of sp³-hybridized carbons (Fsp3) is 0. The SMILES string of the molecule is Oc1cc(O)c(Oc2cc(O)c(Oc3cc(O)c(O)c(O)c3)c(O)c2Oc2cc(O)c(O)c(O)c2)c(O)c1. The van der Waals surface area contributed by atoms with E-state index in [1.165, 1.54) is 0 Å². The van der Waals surface area contributed by atoms with Crippen LogP contribution in [0.2, 0.25) is 0 Å². The summed E-state index contributed by atoms with van der Waals surface area (Å²) >= 11 is 0. The highest BCUT2D eigenvalue weighted by Crippen LogP contribution is 2.55. The molecule has 0 aliphatic carbocycles. The molecule has 0 bridgehead atoms. The minimum atomic E-state index is -1.02. The maximum Gasteiger partial charge on any atom is 0.215 e. The third-order valence-corrected chi connectivity index (χ3v) is 4.93. The van der Waals surface area contributed by atoms with Crippen LogP contribution in [0.3, 0.4) is 0 Å². The number of hydrogen-bond acceptors (Lipinski definition) is 14. The highest BCUT2D eigenvalue weighted by atomic mass is 16.5. The van der Waals surface area contributed by atoms with Crippen molar-refractivity contribution in [2.24, 2.45) is 0 Å². The van der Waals surface area contributed by atoms with Crippen molar-refractivity contribution in [2.75, 3.05) is 0 Å². The number of benzene rings is 4. The summed E-state index contributed by atoms with van der Waals surface area (Å²) in [6.45, 7) is 0. The molecule has 0 heterocycles. The van der Waals surface area contributed by atoms with Crippen LogP contribution < -0.4 is 14.2 Å². The quantitative estimate of drug-likeness (QED) is 0.159. The maximum atomic E-state index is 10.9. The zero-order valence-electron chi connectivity index (χ0n) is 18.7. The number of phenolic OH excluding ortho intramolecular Hbond substituents is 11. The van der Waals surface area contributed by atoms with Crippen LogP contribution in [0.1, 0.15) is 0 Å². The van der Waals surface area contributed by atoms with Crippen molar-refractivity contribution in [1.82, 2.24) is 0 Å². The molecule has 0 saturated carbocycles. The summed E-state index contributed by atoms with van der Waals surface area (Å²) < 4.78 is 16.2. The molecule has 4 aromatic rings. The summed E-state index contributed by atoms with van der Waals surface area (Å²) in [4.78, 5) is 0. The monoisotopic (exact) mass is 530 g/mol. The largest absolute Gasteiger partial charge is 0.508 e. The van der Waals surface area contributed by atoms with Crippen molar-refractivity contribution in [3.05, 3.63) is 42.5 Å². The molecule has 0 aliphatic rings. The summed E-state index contributed by atoms with van der Waals surface area (Å²) in [7, 11) is 0. The molecule has 198 valence electrons. The van der Waals surface area contributed by atoms with Gasteiger partial charge in [0.2, 0.25) is 34.5 Å². The minimum absolute atomic E-state index is 0.378. The molecule has 0 fully saturated rings. The van der Waals surface area contributed by atoms with E-state index in [1.54, 1.807) is 0 Å². The zero-order chi connectivity index (χ0) is 27.9. The Kier molecular flexibility index (Phi) is 6.14. The molecular formula is C24H18O14. The molecule has 0 aromatic heterocycles. The Hall–Kier alpha value is -5.92. The van der Waals surface area contributed by atoms with Crippen LogP contribution in [0.5, 0.6) is 97.7 Å². The van der Waals surface area contributed by atoms with Gasteiger partial charge < -0.3 is 70.4 Å². The Morgan fingerprint density at radius 3 is 1.18 bits per heavy atom. The number of rotatable bonds is 6. The van der Waals surface area contributed by atoms with Crippen LogP contribution in [0.15, 0.2) is 42.5 Å². The fourth-order valence-electron chi connectivity index (χ4n) is 3.18. The maximum absolute atomic E-state index is 10.9. The molecule has 0 radical (unpaired) electrons. The van der Waals surface area contributed by atoms with Gasteiger partial charge in [0.15, 0.2) is 46.0 Å². The van der Waals surface area contributed by atoms with Crippen LogP contribution in [0.4, 0.5) is 0 Å². The van der Waals surface area contributed by atoms with Crippen LogP contribution in [-0.2, 0) is 0 Å². The fourth-order valence-corrected chi connectivity index (χ4v) is 3.18. The van der Waals surface area contributed by atoms with Crippen molar-refractivity contribution >= 4 is 0 Å². The molecule has 4 rings (SSSR count). The first-order valence-electron chi connectivity index (χ1n) is 10.2. The number of phenols is 11. The van der Waals surface area contributed by atoms with Gasteiger partial charge in [-0.15, -0.1) is 0 Å².